The molecule has 21 heavy (non-hydrogen) atoms. The van der Waals surface area contributed by atoms with Crippen LogP contribution in [0.2, 0.25) is 0 Å². The van der Waals surface area contributed by atoms with Crippen LogP contribution in [0.25, 0.3) is 10.4 Å². The molecule has 5 heteroatoms. The molecule has 0 bridgehead atoms. The molecule has 4 nitrogen and oxygen atoms in total. The lowest BCUT2D eigenvalue weighted by Gasteiger charge is -2.11. The number of ether oxygens (including phenoxy) is 2. The fourth-order valence-electron chi connectivity index (χ4n) is 2.03. The standard InChI is InChI=1S/C16H22N2O2S/c1-5-6-9-20-14-10-12(7-8-13(14)19-4)15-11(2)18-16(17-3)21-15/h7-8,10H,5-6,9H2,1-4H3,(H,17,18). The smallest absolute Gasteiger partial charge is 0.183 e. The topological polar surface area (TPSA) is 43.4 Å². The predicted molar refractivity (Wildman–Crippen MR) is 88.8 cm³/mol. The molecule has 0 unspecified atom stereocenters. The predicted octanol–water partition coefficient (Wildman–Crippen LogP) is 4.35. The molecular weight excluding hydrogens is 284 g/mol. The Bertz CT molecular complexity index is 596. The largest absolute Gasteiger partial charge is 0.493 e. The summed E-state index contributed by atoms with van der Waals surface area (Å²) in [6, 6.07) is 6.04. The van der Waals surface area contributed by atoms with Gasteiger partial charge in [-0.1, -0.05) is 24.7 Å². The summed E-state index contributed by atoms with van der Waals surface area (Å²) in [5.74, 6) is 1.56. The summed E-state index contributed by atoms with van der Waals surface area (Å²) < 4.78 is 11.2. The van der Waals surface area contributed by atoms with Gasteiger partial charge >= 0.3 is 0 Å². The van der Waals surface area contributed by atoms with Crippen molar-refractivity contribution in [3.8, 4) is 21.9 Å². The maximum absolute atomic E-state index is 5.85. The second-order valence-electron chi connectivity index (χ2n) is 4.75. The van der Waals surface area contributed by atoms with Crippen LogP contribution in [0.4, 0.5) is 5.13 Å². The molecule has 0 aliphatic heterocycles. The summed E-state index contributed by atoms with van der Waals surface area (Å²) in [5, 5.41) is 4.01. The molecule has 0 aliphatic carbocycles. The first-order valence-electron chi connectivity index (χ1n) is 7.16. The Kier molecular flexibility index (Phi) is 5.44. The quantitative estimate of drug-likeness (QED) is 0.772. The van der Waals surface area contributed by atoms with Crippen molar-refractivity contribution >= 4 is 16.5 Å². The molecule has 1 heterocycles. The van der Waals surface area contributed by atoms with Gasteiger partial charge in [0.25, 0.3) is 0 Å². The number of anilines is 1. The zero-order valence-electron chi connectivity index (χ0n) is 13.0. The molecular formula is C16H22N2O2S. The minimum absolute atomic E-state index is 0.708. The van der Waals surface area contributed by atoms with Crippen LogP contribution in [-0.4, -0.2) is 25.7 Å². The third-order valence-electron chi connectivity index (χ3n) is 3.19. The van der Waals surface area contributed by atoms with E-state index >= 15 is 0 Å². The van der Waals surface area contributed by atoms with E-state index in [0.717, 1.165) is 45.6 Å². The van der Waals surface area contributed by atoms with Crippen LogP contribution in [0.5, 0.6) is 11.5 Å². The molecule has 0 saturated carbocycles. The lowest BCUT2D eigenvalue weighted by molar-refractivity contribution is 0.288. The van der Waals surface area contributed by atoms with E-state index in [1.54, 1.807) is 18.4 Å². The van der Waals surface area contributed by atoms with Crippen LogP contribution in [-0.2, 0) is 0 Å². The number of hydrogen-bond acceptors (Lipinski definition) is 5. The van der Waals surface area contributed by atoms with E-state index in [2.05, 4.69) is 17.2 Å². The van der Waals surface area contributed by atoms with Crippen molar-refractivity contribution in [1.82, 2.24) is 4.98 Å². The number of thiazole rings is 1. The summed E-state index contributed by atoms with van der Waals surface area (Å²) in [5.41, 5.74) is 2.13. The molecule has 0 spiro atoms. The summed E-state index contributed by atoms with van der Waals surface area (Å²) in [4.78, 5) is 5.64. The number of hydrogen-bond donors (Lipinski definition) is 1. The van der Waals surface area contributed by atoms with Gasteiger partial charge in [-0.3, -0.25) is 0 Å². The van der Waals surface area contributed by atoms with Crippen LogP contribution in [0, 0.1) is 6.92 Å². The Hall–Kier alpha value is -1.75. The fraction of sp³-hybridized carbons (Fsp3) is 0.438. The maximum Gasteiger partial charge on any atom is 0.183 e. The van der Waals surface area contributed by atoms with Crippen molar-refractivity contribution in [3.05, 3.63) is 23.9 Å². The molecule has 114 valence electrons. The number of unbranched alkanes of at least 4 members (excludes halogenated alkanes) is 1. The van der Waals surface area contributed by atoms with E-state index in [0.29, 0.717) is 6.61 Å². The highest BCUT2D eigenvalue weighted by Gasteiger charge is 2.12. The summed E-state index contributed by atoms with van der Waals surface area (Å²) in [7, 11) is 3.55. The molecule has 0 amide bonds. The summed E-state index contributed by atoms with van der Waals surface area (Å²) in [6.07, 6.45) is 2.15. The van der Waals surface area contributed by atoms with Gasteiger partial charge in [0.15, 0.2) is 16.6 Å². The van der Waals surface area contributed by atoms with Crippen LogP contribution in [0.3, 0.4) is 0 Å². The van der Waals surface area contributed by atoms with Crippen molar-refractivity contribution < 1.29 is 9.47 Å². The Morgan fingerprint density at radius 1 is 1.29 bits per heavy atom. The minimum Gasteiger partial charge on any atom is -0.493 e. The average molecular weight is 306 g/mol. The van der Waals surface area contributed by atoms with Crippen molar-refractivity contribution in [3.63, 3.8) is 0 Å². The highest BCUT2D eigenvalue weighted by molar-refractivity contribution is 7.19. The van der Waals surface area contributed by atoms with Gasteiger partial charge < -0.3 is 14.8 Å². The lowest BCUT2D eigenvalue weighted by atomic mass is 10.1. The summed E-state index contributed by atoms with van der Waals surface area (Å²) in [6.45, 7) is 4.88. The number of benzene rings is 1. The lowest BCUT2D eigenvalue weighted by Crippen LogP contribution is -1.99. The third-order valence-corrected chi connectivity index (χ3v) is 4.42. The first kappa shape index (κ1) is 15.6. The van der Waals surface area contributed by atoms with Crippen LogP contribution in [0.15, 0.2) is 18.2 Å². The second kappa shape index (κ2) is 7.31. The fourth-order valence-corrected chi connectivity index (χ4v) is 2.94. The van der Waals surface area contributed by atoms with Gasteiger partial charge in [-0.2, -0.15) is 0 Å². The second-order valence-corrected chi connectivity index (χ2v) is 5.75. The Morgan fingerprint density at radius 2 is 2.10 bits per heavy atom. The highest BCUT2D eigenvalue weighted by Crippen LogP contribution is 2.37. The zero-order chi connectivity index (χ0) is 15.2. The Morgan fingerprint density at radius 3 is 2.71 bits per heavy atom. The zero-order valence-corrected chi connectivity index (χ0v) is 13.8. The molecule has 0 saturated heterocycles. The van der Waals surface area contributed by atoms with Crippen molar-refractivity contribution in [1.29, 1.82) is 0 Å². The minimum atomic E-state index is 0.708. The molecule has 0 atom stereocenters. The monoisotopic (exact) mass is 306 g/mol. The van der Waals surface area contributed by atoms with Gasteiger partial charge in [-0.25, -0.2) is 4.98 Å². The molecule has 2 rings (SSSR count). The number of nitrogens with zero attached hydrogens (tertiary/aromatic N) is 1. The van der Waals surface area contributed by atoms with Crippen LogP contribution >= 0.6 is 11.3 Å². The van der Waals surface area contributed by atoms with Gasteiger partial charge in [0.1, 0.15) is 0 Å². The maximum atomic E-state index is 5.85. The number of methoxy groups -OCH3 is 1. The van der Waals surface area contributed by atoms with E-state index in [4.69, 9.17) is 9.47 Å². The normalized spacial score (nSPS) is 10.5. The number of rotatable bonds is 7. The Balaban J connectivity index is 2.31. The summed E-state index contributed by atoms with van der Waals surface area (Å²) >= 11 is 1.64. The molecule has 0 radical (unpaired) electrons. The molecule has 2 aromatic rings. The van der Waals surface area contributed by atoms with E-state index in [1.165, 1.54) is 0 Å². The molecule has 1 aromatic heterocycles. The Labute approximate surface area is 130 Å². The number of nitrogens with one attached hydrogen (secondary N) is 1. The molecule has 0 fully saturated rings. The van der Waals surface area contributed by atoms with Crippen molar-refractivity contribution in [2.75, 3.05) is 26.1 Å². The van der Waals surface area contributed by atoms with Gasteiger partial charge in [-0.15, -0.1) is 0 Å². The number of aromatic nitrogens is 1. The van der Waals surface area contributed by atoms with Crippen LogP contribution in [0.1, 0.15) is 25.5 Å². The van der Waals surface area contributed by atoms with Crippen molar-refractivity contribution in [2.24, 2.45) is 0 Å². The first-order valence-corrected chi connectivity index (χ1v) is 7.97. The van der Waals surface area contributed by atoms with E-state index in [1.807, 2.05) is 32.2 Å². The van der Waals surface area contributed by atoms with E-state index in [9.17, 15) is 0 Å². The first-order chi connectivity index (χ1) is 10.2. The molecule has 0 aliphatic rings. The third kappa shape index (κ3) is 3.67. The SMILES string of the molecule is CCCCOc1cc(-c2sc(NC)nc2C)ccc1OC. The van der Waals surface area contributed by atoms with Gasteiger partial charge in [0, 0.05) is 7.05 Å². The van der Waals surface area contributed by atoms with Gasteiger partial charge in [-0.05, 0) is 37.1 Å². The average Bonchev–Trinajstić information content (AvgIpc) is 2.88. The number of aryl methyl sites for hydroxylation is 1. The van der Waals surface area contributed by atoms with Gasteiger partial charge in [0.2, 0.25) is 0 Å². The van der Waals surface area contributed by atoms with Crippen molar-refractivity contribution in [2.45, 2.75) is 26.7 Å². The molecule has 1 N–H and O–H groups in total. The highest BCUT2D eigenvalue weighted by atomic mass is 32.1. The molecule has 1 aromatic carbocycles. The van der Waals surface area contributed by atoms with E-state index in [-0.39, 0.29) is 0 Å². The van der Waals surface area contributed by atoms with E-state index < -0.39 is 0 Å². The van der Waals surface area contributed by atoms with Gasteiger partial charge in [0.05, 0.1) is 24.3 Å². The van der Waals surface area contributed by atoms with Crippen LogP contribution < -0.4 is 14.8 Å².